The fourth-order valence-corrected chi connectivity index (χ4v) is 2.76. The summed E-state index contributed by atoms with van der Waals surface area (Å²) >= 11 is 5.14. The molecule has 7 nitrogen and oxygen atoms in total. The second-order valence-corrected chi connectivity index (χ2v) is 5.38. The number of hydrogen-bond donors (Lipinski definition) is 3. The third-order valence-corrected chi connectivity index (χ3v) is 4.22. The van der Waals surface area contributed by atoms with Gasteiger partial charge in [-0.1, -0.05) is 15.9 Å². The van der Waals surface area contributed by atoms with Crippen molar-refractivity contribution in [2.75, 3.05) is 10.1 Å². The van der Waals surface area contributed by atoms with Crippen molar-refractivity contribution in [3.8, 4) is 0 Å². The van der Waals surface area contributed by atoms with Crippen molar-refractivity contribution in [2.24, 2.45) is 0 Å². The maximum atomic E-state index is 11.8. The molecule has 4 atom stereocenters. The van der Waals surface area contributed by atoms with Crippen molar-refractivity contribution in [3.05, 3.63) is 22.7 Å². The number of ether oxygens (including phenoxy) is 1. The largest absolute Gasteiger partial charge is 0.394 e. The van der Waals surface area contributed by atoms with E-state index in [2.05, 4.69) is 24.4 Å². The molecular weight excluding hydrogens is 421 g/mol. The number of nitrogens with one attached hydrogen (secondary N) is 1. The average molecular weight is 432 g/mol. The number of halogens is 2. The molecule has 0 spiro atoms. The highest BCUT2D eigenvalue weighted by Crippen LogP contribution is 2.33. The van der Waals surface area contributed by atoms with E-state index in [9.17, 15) is 9.90 Å². The number of aliphatic hydroxyl groups excluding tert-OH is 2. The molecule has 1 aromatic heterocycles. The van der Waals surface area contributed by atoms with Crippen LogP contribution in [0, 0.1) is 0 Å². The van der Waals surface area contributed by atoms with Crippen LogP contribution in [0.5, 0.6) is 0 Å². The van der Waals surface area contributed by atoms with Crippen LogP contribution in [0.15, 0.2) is 17.1 Å². The summed E-state index contributed by atoms with van der Waals surface area (Å²) in [5.74, 6) is 0.445. The van der Waals surface area contributed by atoms with Gasteiger partial charge in [-0.2, -0.15) is 4.98 Å². The standard InChI is InChI=1S/C9H11BrIN3O4/c10-6-7(16)4(3-15)18-8(6)14-2-1-5(13-11)12-9(14)17/h1-2,4,6-8,15-16H,3H2,(H,12,13,17)/t4-,6+,7-,8-/m1/s1. The van der Waals surface area contributed by atoms with Crippen LogP contribution in [0.3, 0.4) is 0 Å². The molecule has 1 aliphatic rings. The molecule has 1 saturated heterocycles. The molecule has 0 bridgehead atoms. The zero-order chi connectivity index (χ0) is 13.3. The predicted molar refractivity (Wildman–Crippen MR) is 75.9 cm³/mol. The number of rotatable bonds is 3. The fraction of sp³-hybridized carbons (Fsp3) is 0.556. The first-order chi connectivity index (χ1) is 8.58. The van der Waals surface area contributed by atoms with Crippen molar-refractivity contribution in [3.63, 3.8) is 0 Å². The molecule has 0 aromatic carbocycles. The topological polar surface area (TPSA) is 96.6 Å². The lowest BCUT2D eigenvalue weighted by atomic mass is 10.2. The van der Waals surface area contributed by atoms with Gasteiger partial charge in [0.15, 0.2) is 6.23 Å². The lowest BCUT2D eigenvalue weighted by Gasteiger charge is -2.16. The Labute approximate surface area is 125 Å². The molecule has 1 fully saturated rings. The van der Waals surface area contributed by atoms with Crippen LogP contribution in [-0.4, -0.2) is 43.4 Å². The van der Waals surface area contributed by atoms with E-state index < -0.39 is 29.0 Å². The number of aromatic nitrogens is 2. The summed E-state index contributed by atoms with van der Waals surface area (Å²) in [4.78, 5) is 15.1. The van der Waals surface area contributed by atoms with Gasteiger partial charge in [-0.15, -0.1) is 0 Å². The van der Waals surface area contributed by atoms with Gasteiger partial charge in [-0.05, 0) is 6.07 Å². The molecular formula is C9H11BrIN3O4. The van der Waals surface area contributed by atoms with Crippen LogP contribution in [0.25, 0.3) is 0 Å². The molecule has 9 heteroatoms. The number of alkyl halides is 1. The van der Waals surface area contributed by atoms with Crippen molar-refractivity contribution < 1.29 is 14.9 Å². The minimum Gasteiger partial charge on any atom is -0.394 e. The lowest BCUT2D eigenvalue weighted by Crippen LogP contribution is -2.32. The molecule has 100 valence electrons. The van der Waals surface area contributed by atoms with Gasteiger partial charge >= 0.3 is 5.69 Å². The van der Waals surface area contributed by atoms with Gasteiger partial charge in [0.2, 0.25) is 0 Å². The third kappa shape index (κ3) is 2.54. The molecule has 1 aliphatic heterocycles. The highest BCUT2D eigenvalue weighted by molar-refractivity contribution is 14.1. The van der Waals surface area contributed by atoms with Crippen LogP contribution in [-0.2, 0) is 4.74 Å². The predicted octanol–water partition coefficient (Wildman–Crippen LogP) is 0.0193. The number of aliphatic hydroxyl groups is 2. The van der Waals surface area contributed by atoms with Gasteiger partial charge in [0.1, 0.15) is 11.9 Å². The number of anilines is 1. The van der Waals surface area contributed by atoms with E-state index in [4.69, 9.17) is 9.84 Å². The quantitative estimate of drug-likeness (QED) is 0.354. The van der Waals surface area contributed by atoms with Crippen LogP contribution < -0.4 is 9.22 Å². The summed E-state index contributed by atoms with van der Waals surface area (Å²) in [6.45, 7) is -0.310. The van der Waals surface area contributed by atoms with Gasteiger partial charge in [-0.3, -0.25) is 4.57 Å². The van der Waals surface area contributed by atoms with Gasteiger partial charge in [0.05, 0.1) is 40.4 Å². The van der Waals surface area contributed by atoms with E-state index in [1.165, 1.54) is 10.8 Å². The Morgan fingerprint density at radius 2 is 2.39 bits per heavy atom. The van der Waals surface area contributed by atoms with Crippen molar-refractivity contribution in [2.45, 2.75) is 23.3 Å². The van der Waals surface area contributed by atoms with Gasteiger partial charge < -0.3 is 18.5 Å². The average Bonchev–Trinajstić information content (AvgIpc) is 2.66. The van der Waals surface area contributed by atoms with Gasteiger partial charge in [-0.25, -0.2) is 4.79 Å². The maximum absolute atomic E-state index is 11.8. The van der Waals surface area contributed by atoms with Crippen molar-refractivity contribution in [1.82, 2.24) is 9.55 Å². The summed E-state index contributed by atoms with van der Waals surface area (Å²) in [6, 6.07) is 1.62. The van der Waals surface area contributed by atoms with Gasteiger partial charge in [0, 0.05) is 6.20 Å². The first-order valence-electron chi connectivity index (χ1n) is 5.12. The zero-order valence-electron chi connectivity index (χ0n) is 9.03. The molecule has 1 aromatic rings. The van der Waals surface area contributed by atoms with Crippen LogP contribution >= 0.6 is 38.8 Å². The van der Waals surface area contributed by atoms with E-state index >= 15 is 0 Å². The van der Waals surface area contributed by atoms with Crippen molar-refractivity contribution in [1.29, 1.82) is 0 Å². The summed E-state index contributed by atoms with van der Waals surface area (Å²) in [6.07, 6.45) is -0.759. The monoisotopic (exact) mass is 431 g/mol. The normalized spacial score (nSPS) is 31.6. The van der Waals surface area contributed by atoms with E-state index in [1.54, 1.807) is 6.07 Å². The summed E-state index contributed by atoms with van der Waals surface area (Å²) in [5, 5.41) is 18.9. The Kier molecular flexibility index (Phi) is 4.59. The van der Waals surface area contributed by atoms with E-state index in [0.29, 0.717) is 5.82 Å². The molecule has 2 heterocycles. The van der Waals surface area contributed by atoms with Crippen LogP contribution in [0.4, 0.5) is 5.82 Å². The molecule has 0 unspecified atom stereocenters. The molecule has 18 heavy (non-hydrogen) atoms. The third-order valence-electron chi connectivity index (χ3n) is 2.67. The van der Waals surface area contributed by atoms with Crippen molar-refractivity contribution >= 4 is 44.6 Å². The van der Waals surface area contributed by atoms with Crippen LogP contribution in [0.2, 0.25) is 0 Å². The molecule has 0 saturated carbocycles. The van der Waals surface area contributed by atoms with E-state index in [0.717, 1.165) is 0 Å². The van der Waals surface area contributed by atoms with Gasteiger partial charge in [0.25, 0.3) is 0 Å². The number of nitrogens with zero attached hydrogens (tertiary/aromatic N) is 2. The molecule has 3 N–H and O–H groups in total. The first-order valence-corrected chi connectivity index (χ1v) is 7.12. The number of hydrogen-bond acceptors (Lipinski definition) is 6. The summed E-state index contributed by atoms with van der Waals surface area (Å²) in [5.41, 5.74) is -0.489. The minimum atomic E-state index is -0.880. The Morgan fingerprint density at radius 3 is 2.89 bits per heavy atom. The molecule has 2 rings (SSSR count). The smallest absolute Gasteiger partial charge is 0.351 e. The highest BCUT2D eigenvalue weighted by Gasteiger charge is 2.43. The Bertz CT molecular complexity index is 485. The molecule has 0 amide bonds. The second-order valence-electron chi connectivity index (χ2n) is 3.78. The SMILES string of the molecule is O=c1nc(NI)ccn1[C@@H]1O[C@H](CO)[C@@H](O)[C@@H]1Br. The highest BCUT2D eigenvalue weighted by atomic mass is 127. The molecule has 0 radical (unpaired) electrons. The maximum Gasteiger partial charge on any atom is 0.351 e. The Hall–Kier alpha value is -0.230. The summed E-state index contributed by atoms with van der Waals surface area (Å²) < 4.78 is 9.43. The second kappa shape index (κ2) is 5.82. The lowest BCUT2D eigenvalue weighted by molar-refractivity contribution is -0.0456. The van der Waals surface area contributed by atoms with E-state index in [-0.39, 0.29) is 6.61 Å². The Balaban J connectivity index is 2.30. The molecule has 0 aliphatic carbocycles. The zero-order valence-corrected chi connectivity index (χ0v) is 12.8. The fourth-order valence-electron chi connectivity index (χ4n) is 1.74. The minimum absolute atomic E-state index is 0.310. The Morgan fingerprint density at radius 1 is 1.67 bits per heavy atom. The first kappa shape index (κ1) is 14.2. The van der Waals surface area contributed by atoms with E-state index in [1.807, 2.05) is 22.9 Å². The van der Waals surface area contributed by atoms with Crippen LogP contribution in [0.1, 0.15) is 6.23 Å². The summed E-state index contributed by atoms with van der Waals surface area (Å²) in [7, 11) is 0.